The zero-order valence-electron chi connectivity index (χ0n) is 9.28. The third-order valence-electron chi connectivity index (χ3n) is 2.89. The van der Waals surface area contributed by atoms with Crippen molar-refractivity contribution in [3.05, 3.63) is 12.4 Å². The monoisotopic (exact) mass is 209 g/mol. The maximum Gasteiger partial charge on any atom is 0.295 e. The molecule has 2 heterocycles. The molecule has 1 N–H and O–H groups in total. The summed E-state index contributed by atoms with van der Waals surface area (Å²) in [5.74, 6) is 0. The average Bonchev–Trinajstić information content (AvgIpc) is 2.66. The maximum absolute atomic E-state index is 5.59. The van der Waals surface area contributed by atoms with Crippen LogP contribution in [-0.2, 0) is 7.05 Å². The molecule has 1 aliphatic rings. The van der Waals surface area contributed by atoms with Gasteiger partial charge in [-0.3, -0.25) is 0 Å². The summed E-state index contributed by atoms with van der Waals surface area (Å²) in [6, 6.07) is 1.35. The van der Waals surface area contributed by atoms with Crippen LogP contribution < -0.4 is 10.1 Å². The first-order chi connectivity index (χ1) is 7.36. The van der Waals surface area contributed by atoms with E-state index in [0.717, 1.165) is 19.6 Å². The summed E-state index contributed by atoms with van der Waals surface area (Å²) in [6.45, 7) is 1.91. The van der Waals surface area contributed by atoms with Crippen molar-refractivity contribution in [3.63, 3.8) is 0 Å². The highest BCUT2D eigenvalue weighted by atomic mass is 16.5. The fraction of sp³-hybridized carbons (Fsp3) is 0.727. The molecule has 0 radical (unpaired) electrons. The summed E-state index contributed by atoms with van der Waals surface area (Å²) in [5.41, 5.74) is 0. The highest BCUT2D eigenvalue weighted by molar-refractivity contribution is 4.96. The smallest absolute Gasteiger partial charge is 0.295 e. The molecule has 4 nitrogen and oxygen atoms in total. The fourth-order valence-electron chi connectivity index (χ4n) is 1.95. The first-order valence-electron chi connectivity index (χ1n) is 5.70. The number of rotatable bonds is 4. The molecule has 1 saturated heterocycles. The van der Waals surface area contributed by atoms with Crippen LogP contribution in [0.25, 0.3) is 0 Å². The Bertz CT molecular complexity index is 292. The summed E-state index contributed by atoms with van der Waals surface area (Å²) in [4.78, 5) is 4.12. The third-order valence-corrected chi connectivity index (χ3v) is 2.89. The molecule has 1 aromatic rings. The van der Waals surface area contributed by atoms with E-state index in [9.17, 15) is 0 Å². The second-order valence-corrected chi connectivity index (χ2v) is 4.10. The second-order valence-electron chi connectivity index (χ2n) is 4.10. The lowest BCUT2D eigenvalue weighted by Gasteiger charge is -2.23. The number of aryl methyl sites for hydroxylation is 1. The summed E-state index contributed by atoms with van der Waals surface area (Å²) in [6.07, 6.45) is 8.68. The summed E-state index contributed by atoms with van der Waals surface area (Å²) in [5, 5.41) is 3.51. The number of hydrogen-bond acceptors (Lipinski definition) is 3. The van der Waals surface area contributed by atoms with Gasteiger partial charge in [-0.1, -0.05) is 6.42 Å². The Balaban J connectivity index is 1.68. The van der Waals surface area contributed by atoms with E-state index in [1.165, 1.54) is 19.3 Å². The van der Waals surface area contributed by atoms with Crippen molar-refractivity contribution < 1.29 is 4.74 Å². The van der Waals surface area contributed by atoms with E-state index in [-0.39, 0.29) is 0 Å². The lowest BCUT2D eigenvalue weighted by atomic mass is 10.0. The number of nitrogens with one attached hydrogen (secondary N) is 1. The number of imidazole rings is 1. The van der Waals surface area contributed by atoms with Gasteiger partial charge >= 0.3 is 0 Å². The predicted molar refractivity (Wildman–Crippen MR) is 59.0 cm³/mol. The van der Waals surface area contributed by atoms with Crippen molar-refractivity contribution in [2.45, 2.75) is 31.7 Å². The Labute approximate surface area is 90.6 Å². The highest BCUT2D eigenvalue weighted by Gasteiger charge is 2.12. The first-order valence-corrected chi connectivity index (χ1v) is 5.70. The minimum Gasteiger partial charge on any atom is -0.465 e. The molecule has 4 heteroatoms. The lowest BCUT2D eigenvalue weighted by Crippen LogP contribution is -2.35. The molecule has 0 bridgehead atoms. The van der Waals surface area contributed by atoms with E-state index in [1.807, 2.05) is 17.8 Å². The molecule has 2 rings (SSSR count). The largest absolute Gasteiger partial charge is 0.465 e. The summed E-state index contributed by atoms with van der Waals surface area (Å²) < 4.78 is 7.49. The Morgan fingerprint density at radius 3 is 3.20 bits per heavy atom. The van der Waals surface area contributed by atoms with E-state index in [1.54, 1.807) is 6.20 Å². The number of aromatic nitrogens is 2. The summed E-state index contributed by atoms with van der Waals surface area (Å²) in [7, 11) is 1.95. The van der Waals surface area contributed by atoms with Crippen LogP contribution in [0.5, 0.6) is 6.01 Å². The van der Waals surface area contributed by atoms with E-state index >= 15 is 0 Å². The van der Waals surface area contributed by atoms with Crippen LogP contribution in [-0.4, -0.2) is 28.7 Å². The molecule has 1 aromatic heterocycles. The van der Waals surface area contributed by atoms with Crippen LogP contribution in [0.3, 0.4) is 0 Å². The Morgan fingerprint density at radius 1 is 1.60 bits per heavy atom. The Kier molecular flexibility index (Phi) is 3.61. The zero-order valence-corrected chi connectivity index (χ0v) is 9.28. The normalized spacial score (nSPS) is 21.5. The molecule has 84 valence electrons. The van der Waals surface area contributed by atoms with E-state index in [4.69, 9.17) is 4.74 Å². The minimum absolute atomic E-state index is 0.638. The van der Waals surface area contributed by atoms with E-state index in [0.29, 0.717) is 12.1 Å². The molecule has 1 unspecified atom stereocenters. The predicted octanol–water partition coefficient (Wildman–Crippen LogP) is 1.33. The topological polar surface area (TPSA) is 39.1 Å². The molecule has 0 saturated carbocycles. The van der Waals surface area contributed by atoms with Gasteiger partial charge in [0.05, 0.1) is 6.61 Å². The highest BCUT2D eigenvalue weighted by Crippen LogP contribution is 2.11. The quantitative estimate of drug-likeness (QED) is 0.813. The molecule has 0 spiro atoms. The van der Waals surface area contributed by atoms with Crippen molar-refractivity contribution in [1.29, 1.82) is 0 Å². The van der Waals surface area contributed by atoms with Crippen LogP contribution in [0.4, 0.5) is 0 Å². The van der Waals surface area contributed by atoms with Gasteiger partial charge in [0.25, 0.3) is 6.01 Å². The van der Waals surface area contributed by atoms with Crippen molar-refractivity contribution >= 4 is 0 Å². The van der Waals surface area contributed by atoms with E-state index < -0.39 is 0 Å². The van der Waals surface area contributed by atoms with Gasteiger partial charge in [0, 0.05) is 25.5 Å². The van der Waals surface area contributed by atoms with Gasteiger partial charge in [0.2, 0.25) is 0 Å². The third kappa shape index (κ3) is 2.96. The van der Waals surface area contributed by atoms with Crippen LogP contribution in [0, 0.1) is 0 Å². The molecule has 15 heavy (non-hydrogen) atoms. The van der Waals surface area contributed by atoms with Gasteiger partial charge in [0.15, 0.2) is 0 Å². The minimum atomic E-state index is 0.638. The number of nitrogens with zero attached hydrogens (tertiary/aromatic N) is 2. The van der Waals surface area contributed by atoms with E-state index in [2.05, 4.69) is 10.3 Å². The molecular formula is C11H19N3O. The number of ether oxygens (including phenoxy) is 1. The van der Waals surface area contributed by atoms with Crippen molar-refractivity contribution in [2.24, 2.45) is 7.05 Å². The second kappa shape index (κ2) is 5.16. The van der Waals surface area contributed by atoms with Gasteiger partial charge < -0.3 is 14.6 Å². The van der Waals surface area contributed by atoms with Gasteiger partial charge in [-0.15, -0.1) is 0 Å². The number of hydrogen-bond donors (Lipinski definition) is 1. The van der Waals surface area contributed by atoms with Crippen LogP contribution in [0.1, 0.15) is 25.7 Å². The molecule has 0 amide bonds. The van der Waals surface area contributed by atoms with Gasteiger partial charge in [-0.2, -0.15) is 0 Å². The molecule has 1 atom stereocenters. The molecule has 0 aliphatic carbocycles. The SMILES string of the molecule is Cn1ccnc1OCCC1CCCCN1. The molecule has 1 fully saturated rings. The van der Waals surface area contributed by atoms with Crippen molar-refractivity contribution in [3.8, 4) is 6.01 Å². The molecular weight excluding hydrogens is 190 g/mol. The van der Waals surface area contributed by atoms with Crippen LogP contribution >= 0.6 is 0 Å². The fourth-order valence-corrected chi connectivity index (χ4v) is 1.95. The zero-order chi connectivity index (χ0) is 10.5. The molecule has 0 aromatic carbocycles. The van der Waals surface area contributed by atoms with Crippen LogP contribution in [0.2, 0.25) is 0 Å². The van der Waals surface area contributed by atoms with Gasteiger partial charge in [-0.25, -0.2) is 4.98 Å². The Morgan fingerprint density at radius 2 is 2.53 bits per heavy atom. The summed E-state index contributed by atoms with van der Waals surface area (Å²) >= 11 is 0. The van der Waals surface area contributed by atoms with Gasteiger partial charge in [0.1, 0.15) is 0 Å². The number of piperidine rings is 1. The van der Waals surface area contributed by atoms with Crippen LogP contribution in [0.15, 0.2) is 12.4 Å². The standard InChI is InChI=1S/C11H19N3O/c1-14-8-7-13-11(14)15-9-5-10-4-2-3-6-12-10/h7-8,10,12H,2-6,9H2,1H3. The van der Waals surface area contributed by atoms with Crippen molar-refractivity contribution in [1.82, 2.24) is 14.9 Å². The average molecular weight is 209 g/mol. The van der Waals surface area contributed by atoms with Gasteiger partial charge in [-0.05, 0) is 25.8 Å². The Hall–Kier alpha value is -1.03. The lowest BCUT2D eigenvalue weighted by molar-refractivity contribution is 0.246. The first kappa shape index (κ1) is 10.5. The maximum atomic E-state index is 5.59. The molecule has 1 aliphatic heterocycles. The van der Waals surface area contributed by atoms with Crippen molar-refractivity contribution in [2.75, 3.05) is 13.2 Å².